The topological polar surface area (TPSA) is 63.6 Å². The van der Waals surface area contributed by atoms with E-state index in [-0.39, 0.29) is 11.4 Å². The van der Waals surface area contributed by atoms with E-state index in [0.29, 0.717) is 5.56 Å². The van der Waals surface area contributed by atoms with Crippen molar-refractivity contribution >= 4 is 11.8 Å². The van der Waals surface area contributed by atoms with Crippen molar-refractivity contribution in [2.45, 2.75) is 13.0 Å². The molecule has 0 amide bonds. The first-order valence-electron chi connectivity index (χ1n) is 5.13. The van der Waals surface area contributed by atoms with Crippen molar-refractivity contribution < 1.29 is 19.4 Å². The number of benzene rings is 1. The maximum Gasteiger partial charge on any atom is 0.330 e. The molecule has 4 nitrogen and oxygen atoms in total. The summed E-state index contributed by atoms with van der Waals surface area (Å²) in [4.78, 5) is 23.1. The first-order valence-corrected chi connectivity index (χ1v) is 5.13. The van der Waals surface area contributed by atoms with Crippen LogP contribution in [0.15, 0.2) is 42.0 Å². The summed E-state index contributed by atoms with van der Waals surface area (Å²) >= 11 is 0. The predicted octanol–water partition coefficient (Wildman–Crippen LogP) is 1.35. The van der Waals surface area contributed by atoms with Crippen LogP contribution >= 0.6 is 0 Å². The minimum atomic E-state index is -1.03. The molecule has 90 valence electrons. The SMILES string of the molecule is COC(=O)/C=C(\C(=O)c1ccccc1)C(C)O. The summed E-state index contributed by atoms with van der Waals surface area (Å²) in [6.45, 7) is 1.43. The van der Waals surface area contributed by atoms with E-state index in [1.807, 2.05) is 0 Å². The summed E-state index contributed by atoms with van der Waals surface area (Å²) in [5.41, 5.74) is 0.437. The molecule has 1 rings (SSSR count). The number of aliphatic hydroxyl groups is 1. The Morgan fingerprint density at radius 3 is 2.35 bits per heavy atom. The third-order valence-corrected chi connectivity index (χ3v) is 2.22. The summed E-state index contributed by atoms with van der Waals surface area (Å²) in [6, 6.07) is 8.45. The van der Waals surface area contributed by atoms with Gasteiger partial charge in [0.15, 0.2) is 5.78 Å². The largest absolute Gasteiger partial charge is 0.466 e. The molecule has 1 unspecified atom stereocenters. The second kappa shape index (κ2) is 5.96. The highest BCUT2D eigenvalue weighted by atomic mass is 16.5. The minimum absolute atomic E-state index is 0.0167. The Hall–Kier alpha value is -1.94. The van der Waals surface area contributed by atoms with Crippen LogP contribution in [0.4, 0.5) is 0 Å². The fourth-order valence-corrected chi connectivity index (χ4v) is 1.32. The molecule has 17 heavy (non-hydrogen) atoms. The van der Waals surface area contributed by atoms with Gasteiger partial charge in [-0.05, 0) is 6.92 Å². The van der Waals surface area contributed by atoms with Gasteiger partial charge in [-0.15, -0.1) is 0 Å². The zero-order chi connectivity index (χ0) is 12.8. The lowest BCUT2D eigenvalue weighted by atomic mass is 9.99. The zero-order valence-electron chi connectivity index (χ0n) is 9.71. The van der Waals surface area contributed by atoms with Gasteiger partial charge in [0.2, 0.25) is 0 Å². The summed E-state index contributed by atoms with van der Waals surface area (Å²) in [5, 5.41) is 9.49. The van der Waals surface area contributed by atoms with E-state index in [1.165, 1.54) is 14.0 Å². The highest BCUT2D eigenvalue weighted by molar-refractivity contribution is 6.11. The predicted molar refractivity (Wildman–Crippen MR) is 62.6 cm³/mol. The Labute approximate surface area is 99.5 Å². The number of carbonyl (C=O) groups is 2. The second-order valence-corrected chi connectivity index (χ2v) is 3.49. The van der Waals surface area contributed by atoms with E-state index in [1.54, 1.807) is 30.3 Å². The molecule has 0 aliphatic carbocycles. The van der Waals surface area contributed by atoms with Crippen LogP contribution in [0.2, 0.25) is 0 Å². The van der Waals surface area contributed by atoms with Crippen molar-refractivity contribution in [2.75, 3.05) is 7.11 Å². The molecule has 0 spiro atoms. The van der Waals surface area contributed by atoms with Crippen LogP contribution in [-0.2, 0) is 9.53 Å². The Morgan fingerprint density at radius 2 is 1.88 bits per heavy atom. The highest BCUT2D eigenvalue weighted by Gasteiger charge is 2.18. The van der Waals surface area contributed by atoms with E-state index < -0.39 is 12.1 Å². The summed E-state index contributed by atoms with van der Waals surface area (Å²) in [7, 11) is 1.21. The molecule has 0 saturated heterocycles. The smallest absolute Gasteiger partial charge is 0.330 e. The van der Waals surface area contributed by atoms with Gasteiger partial charge in [-0.25, -0.2) is 4.79 Å². The van der Waals surface area contributed by atoms with Gasteiger partial charge >= 0.3 is 5.97 Å². The maximum absolute atomic E-state index is 12.0. The van der Waals surface area contributed by atoms with Crippen molar-refractivity contribution in [1.29, 1.82) is 0 Å². The van der Waals surface area contributed by atoms with Crippen molar-refractivity contribution in [3.63, 3.8) is 0 Å². The van der Waals surface area contributed by atoms with Gasteiger partial charge in [0, 0.05) is 17.2 Å². The molecule has 0 fully saturated rings. The van der Waals surface area contributed by atoms with Crippen LogP contribution in [0.25, 0.3) is 0 Å². The monoisotopic (exact) mass is 234 g/mol. The molecule has 1 N–H and O–H groups in total. The fourth-order valence-electron chi connectivity index (χ4n) is 1.32. The van der Waals surface area contributed by atoms with E-state index in [4.69, 9.17) is 0 Å². The fraction of sp³-hybridized carbons (Fsp3) is 0.231. The van der Waals surface area contributed by atoms with Crippen LogP contribution in [0.5, 0.6) is 0 Å². The Morgan fingerprint density at radius 1 is 1.29 bits per heavy atom. The molecular formula is C13H14O4. The highest BCUT2D eigenvalue weighted by Crippen LogP contribution is 2.12. The Bertz CT molecular complexity index is 432. The number of rotatable bonds is 4. The minimum Gasteiger partial charge on any atom is -0.466 e. The molecule has 1 atom stereocenters. The second-order valence-electron chi connectivity index (χ2n) is 3.49. The van der Waals surface area contributed by atoms with Gasteiger partial charge in [-0.3, -0.25) is 4.79 Å². The van der Waals surface area contributed by atoms with Gasteiger partial charge in [0.05, 0.1) is 13.2 Å². The quantitative estimate of drug-likeness (QED) is 0.485. The first-order chi connectivity index (χ1) is 8.06. The lowest BCUT2D eigenvalue weighted by Crippen LogP contribution is -2.17. The van der Waals surface area contributed by atoms with Crippen molar-refractivity contribution in [3.8, 4) is 0 Å². The van der Waals surface area contributed by atoms with Gasteiger partial charge in [-0.2, -0.15) is 0 Å². The van der Waals surface area contributed by atoms with E-state index >= 15 is 0 Å². The number of ether oxygens (including phenoxy) is 1. The van der Waals surface area contributed by atoms with Gasteiger partial charge in [0.25, 0.3) is 0 Å². The first kappa shape index (κ1) is 13.1. The zero-order valence-corrected chi connectivity index (χ0v) is 9.71. The van der Waals surface area contributed by atoms with Gasteiger partial charge < -0.3 is 9.84 Å². The molecule has 1 aromatic rings. The van der Waals surface area contributed by atoms with Crippen molar-refractivity contribution in [3.05, 3.63) is 47.5 Å². The lowest BCUT2D eigenvalue weighted by molar-refractivity contribution is -0.134. The molecule has 0 bridgehead atoms. The molecule has 0 aliphatic heterocycles. The third kappa shape index (κ3) is 3.53. The van der Waals surface area contributed by atoms with E-state index in [2.05, 4.69) is 4.74 Å². The molecule has 0 heterocycles. The van der Waals surface area contributed by atoms with Gasteiger partial charge in [-0.1, -0.05) is 30.3 Å². The van der Waals surface area contributed by atoms with Crippen LogP contribution < -0.4 is 0 Å². The van der Waals surface area contributed by atoms with Crippen LogP contribution in [0.3, 0.4) is 0 Å². The molecule has 4 heteroatoms. The Kier molecular flexibility index (Phi) is 4.60. The van der Waals surface area contributed by atoms with Crippen LogP contribution in [0, 0.1) is 0 Å². The number of carbonyl (C=O) groups excluding carboxylic acids is 2. The number of methoxy groups -OCH3 is 1. The number of ketones is 1. The number of hydrogen-bond donors (Lipinski definition) is 1. The molecule has 0 radical (unpaired) electrons. The number of aliphatic hydroxyl groups excluding tert-OH is 1. The average Bonchev–Trinajstić information content (AvgIpc) is 2.35. The van der Waals surface area contributed by atoms with Crippen LogP contribution in [-0.4, -0.2) is 30.1 Å². The number of esters is 1. The van der Waals surface area contributed by atoms with Gasteiger partial charge in [0.1, 0.15) is 0 Å². The Balaban J connectivity index is 3.05. The van der Waals surface area contributed by atoms with Crippen LogP contribution in [0.1, 0.15) is 17.3 Å². The third-order valence-electron chi connectivity index (χ3n) is 2.22. The van der Waals surface area contributed by atoms with Crippen molar-refractivity contribution in [2.24, 2.45) is 0 Å². The average molecular weight is 234 g/mol. The standard InChI is InChI=1S/C13H14O4/c1-9(14)11(8-12(15)17-2)13(16)10-6-4-3-5-7-10/h3-9,14H,1-2H3/b11-8-. The molecule has 0 aromatic heterocycles. The lowest BCUT2D eigenvalue weighted by Gasteiger charge is -2.09. The maximum atomic E-state index is 12.0. The van der Waals surface area contributed by atoms with E-state index in [9.17, 15) is 14.7 Å². The molecular weight excluding hydrogens is 220 g/mol. The van der Waals surface area contributed by atoms with Crippen molar-refractivity contribution in [1.82, 2.24) is 0 Å². The number of hydrogen-bond acceptors (Lipinski definition) is 4. The van der Waals surface area contributed by atoms with E-state index in [0.717, 1.165) is 6.08 Å². The molecule has 1 aromatic carbocycles. The normalized spacial score (nSPS) is 13.0. The number of Topliss-reactive ketones (excluding diaryl/α,β-unsaturated/α-hetero) is 1. The molecule has 0 aliphatic rings. The summed E-state index contributed by atoms with van der Waals surface area (Å²) < 4.78 is 4.44. The summed E-state index contributed by atoms with van der Waals surface area (Å²) in [6.07, 6.45) is -0.0122. The molecule has 0 saturated carbocycles. The summed E-state index contributed by atoms with van der Waals surface area (Å²) in [5.74, 6) is -1.05.